The first-order valence-electron chi connectivity index (χ1n) is 5.50. The molecule has 1 aromatic carbocycles. The largest absolute Gasteiger partial charge is 0.480 e. The zero-order valence-electron chi connectivity index (χ0n) is 10.4. The van der Waals surface area contributed by atoms with Gasteiger partial charge in [-0.15, -0.1) is 0 Å². The first-order valence-corrected chi connectivity index (χ1v) is 5.50. The molecule has 8 heteroatoms. The number of carboxylic acids is 1. The maximum Gasteiger partial charge on any atom is 0.326 e. The van der Waals surface area contributed by atoms with Gasteiger partial charge in [0.05, 0.1) is 6.42 Å². The molecule has 1 rings (SSSR count). The number of carbonyl (C=O) groups excluding carboxylic acids is 2. The van der Waals surface area contributed by atoms with Crippen molar-refractivity contribution in [1.82, 2.24) is 5.32 Å². The fourth-order valence-corrected chi connectivity index (χ4v) is 1.50. The number of carbonyl (C=O) groups is 3. The second-order valence-electron chi connectivity index (χ2n) is 4.09. The molecule has 0 aliphatic heterocycles. The molecular weight excluding hydrogens is 274 g/mol. The van der Waals surface area contributed by atoms with Gasteiger partial charge in [0.25, 0.3) is 5.91 Å². The number of nitrogens with two attached hydrogens (primary N) is 1. The van der Waals surface area contributed by atoms with Gasteiger partial charge in [-0.2, -0.15) is 0 Å². The van der Waals surface area contributed by atoms with Crippen LogP contribution < -0.4 is 11.1 Å². The number of benzene rings is 1. The van der Waals surface area contributed by atoms with Gasteiger partial charge in [-0.1, -0.05) is 6.07 Å². The van der Waals surface area contributed by atoms with Crippen molar-refractivity contribution in [3.8, 4) is 0 Å². The molecular formula is C12H12F2N2O4. The summed E-state index contributed by atoms with van der Waals surface area (Å²) in [6.45, 7) is 1.32. The van der Waals surface area contributed by atoms with Crippen LogP contribution in [0.2, 0.25) is 0 Å². The van der Waals surface area contributed by atoms with Crippen molar-refractivity contribution in [2.24, 2.45) is 5.73 Å². The Hall–Kier alpha value is -2.51. The number of aliphatic carboxylic acids is 1. The summed E-state index contributed by atoms with van der Waals surface area (Å²) >= 11 is 0. The predicted octanol–water partition coefficient (Wildman–Crippen LogP) is 0.332. The maximum absolute atomic E-state index is 13.7. The number of halogens is 2. The summed E-state index contributed by atoms with van der Waals surface area (Å²) in [6, 6.07) is 0.371. The Morgan fingerprint density at radius 2 is 1.95 bits per heavy atom. The number of nitrogens with one attached hydrogen (secondary N) is 1. The van der Waals surface area contributed by atoms with Crippen molar-refractivity contribution in [2.45, 2.75) is 19.4 Å². The molecule has 0 heterocycles. The molecule has 2 amide bonds. The summed E-state index contributed by atoms with van der Waals surface area (Å²) in [7, 11) is 0. The van der Waals surface area contributed by atoms with Gasteiger partial charge >= 0.3 is 5.97 Å². The Morgan fingerprint density at radius 1 is 1.35 bits per heavy atom. The number of primary amides is 1. The van der Waals surface area contributed by atoms with E-state index in [0.717, 1.165) is 12.1 Å². The second kappa shape index (κ2) is 6.09. The van der Waals surface area contributed by atoms with Crippen molar-refractivity contribution in [1.29, 1.82) is 0 Å². The number of hydrogen-bond donors (Lipinski definition) is 3. The normalized spacial score (nSPS) is 11.8. The first kappa shape index (κ1) is 15.5. The zero-order valence-corrected chi connectivity index (χ0v) is 10.4. The summed E-state index contributed by atoms with van der Waals surface area (Å²) in [6.07, 6.45) is -0.684. The van der Waals surface area contributed by atoms with Crippen LogP contribution in [0.5, 0.6) is 0 Å². The lowest BCUT2D eigenvalue weighted by Crippen LogP contribution is -2.43. The number of rotatable bonds is 5. The van der Waals surface area contributed by atoms with Gasteiger partial charge in [0.15, 0.2) is 0 Å². The van der Waals surface area contributed by atoms with E-state index < -0.39 is 47.4 Å². The third-order valence-corrected chi connectivity index (χ3v) is 2.52. The molecule has 0 aliphatic carbocycles. The van der Waals surface area contributed by atoms with Crippen LogP contribution in [0.4, 0.5) is 8.78 Å². The van der Waals surface area contributed by atoms with E-state index in [9.17, 15) is 23.2 Å². The minimum atomic E-state index is -1.65. The first-order chi connectivity index (χ1) is 9.23. The molecule has 0 radical (unpaired) electrons. The molecule has 0 aromatic heterocycles. The minimum Gasteiger partial charge on any atom is -0.480 e. The van der Waals surface area contributed by atoms with Gasteiger partial charge in [0.2, 0.25) is 5.91 Å². The third kappa shape index (κ3) is 3.50. The van der Waals surface area contributed by atoms with Crippen molar-refractivity contribution in [3.05, 3.63) is 34.9 Å². The van der Waals surface area contributed by atoms with Crippen molar-refractivity contribution < 1.29 is 28.3 Å². The highest BCUT2D eigenvalue weighted by molar-refractivity contribution is 5.98. The Bertz CT molecular complexity index is 575. The number of aryl methyl sites for hydroxylation is 1. The van der Waals surface area contributed by atoms with E-state index in [1.54, 1.807) is 0 Å². The lowest BCUT2D eigenvalue weighted by Gasteiger charge is -2.14. The van der Waals surface area contributed by atoms with Gasteiger partial charge < -0.3 is 16.2 Å². The van der Waals surface area contributed by atoms with Gasteiger partial charge in [0, 0.05) is 0 Å². The highest BCUT2D eigenvalue weighted by atomic mass is 19.1. The summed E-state index contributed by atoms with van der Waals surface area (Å²) in [5.41, 5.74) is 3.95. The Kier molecular flexibility index (Phi) is 4.73. The molecule has 0 aliphatic rings. The van der Waals surface area contributed by atoms with Gasteiger partial charge in [-0.3, -0.25) is 9.59 Å². The van der Waals surface area contributed by atoms with Crippen molar-refractivity contribution in [3.63, 3.8) is 0 Å². The summed E-state index contributed by atoms with van der Waals surface area (Å²) in [5, 5.41) is 10.7. The van der Waals surface area contributed by atoms with Crippen molar-refractivity contribution in [2.75, 3.05) is 0 Å². The Morgan fingerprint density at radius 3 is 2.45 bits per heavy atom. The summed E-state index contributed by atoms with van der Waals surface area (Å²) in [4.78, 5) is 33.2. The lowest BCUT2D eigenvalue weighted by atomic mass is 10.1. The molecule has 1 atom stereocenters. The van der Waals surface area contributed by atoms with E-state index in [2.05, 4.69) is 0 Å². The van der Waals surface area contributed by atoms with Crippen LogP contribution in [-0.4, -0.2) is 28.9 Å². The topological polar surface area (TPSA) is 109 Å². The van der Waals surface area contributed by atoms with Crippen molar-refractivity contribution >= 4 is 17.8 Å². The van der Waals surface area contributed by atoms with Gasteiger partial charge in [-0.05, 0) is 18.6 Å². The fourth-order valence-electron chi connectivity index (χ4n) is 1.50. The standard InChI is InChI=1S/C12H12F2N2O4/c1-5-2-3-6(13)9(10(5)14)11(18)16-7(12(19)20)4-8(15)17/h2-3,7H,4H2,1H3,(H2,15,17)(H,16,18)(H,19,20)/t7-/m1/s1. The molecule has 6 nitrogen and oxygen atoms in total. The summed E-state index contributed by atoms with van der Waals surface area (Å²) in [5.74, 6) is -6.00. The van der Waals surface area contributed by atoms with Crippen LogP contribution in [0, 0.1) is 18.6 Å². The van der Waals surface area contributed by atoms with Crippen LogP contribution in [-0.2, 0) is 9.59 Å². The summed E-state index contributed by atoms with van der Waals surface area (Å²) < 4.78 is 27.1. The minimum absolute atomic E-state index is 0.0262. The highest BCUT2D eigenvalue weighted by Crippen LogP contribution is 2.16. The van der Waals surface area contributed by atoms with E-state index in [1.165, 1.54) is 6.92 Å². The lowest BCUT2D eigenvalue weighted by molar-refractivity contribution is -0.140. The van der Waals surface area contributed by atoms with E-state index >= 15 is 0 Å². The number of hydrogen-bond acceptors (Lipinski definition) is 3. The monoisotopic (exact) mass is 286 g/mol. The fraction of sp³-hybridized carbons (Fsp3) is 0.250. The van der Waals surface area contributed by atoms with Gasteiger partial charge in [0.1, 0.15) is 23.2 Å². The zero-order chi connectivity index (χ0) is 15.4. The molecule has 0 fully saturated rings. The van der Waals surface area contributed by atoms with E-state index in [1.807, 2.05) is 5.32 Å². The van der Waals surface area contributed by atoms with E-state index in [4.69, 9.17) is 10.8 Å². The van der Waals surface area contributed by atoms with Crippen LogP contribution in [0.15, 0.2) is 12.1 Å². The molecule has 0 saturated heterocycles. The van der Waals surface area contributed by atoms with Crippen LogP contribution in [0.1, 0.15) is 22.3 Å². The van der Waals surface area contributed by atoms with Crippen LogP contribution in [0.25, 0.3) is 0 Å². The van der Waals surface area contributed by atoms with E-state index in [0.29, 0.717) is 0 Å². The predicted molar refractivity (Wildman–Crippen MR) is 63.8 cm³/mol. The SMILES string of the molecule is Cc1ccc(F)c(C(=O)N[C@H](CC(N)=O)C(=O)O)c1F. The average Bonchev–Trinajstić information content (AvgIpc) is 2.33. The highest BCUT2D eigenvalue weighted by Gasteiger charge is 2.26. The molecule has 108 valence electrons. The molecule has 1 aromatic rings. The van der Waals surface area contributed by atoms with Crippen LogP contribution >= 0.6 is 0 Å². The molecule has 4 N–H and O–H groups in total. The average molecular weight is 286 g/mol. The quantitative estimate of drug-likeness (QED) is 0.724. The molecule has 0 spiro atoms. The third-order valence-electron chi connectivity index (χ3n) is 2.52. The van der Waals surface area contributed by atoms with E-state index in [-0.39, 0.29) is 5.56 Å². The molecule has 0 bridgehead atoms. The smallest absolute Gasteiger partial charge is 0.326 e. The second-order valence-corrected chi connectivity index (χ2v) is 4.09. The Labute approximate surface area is 112 Å². The molecule has 20 heavy (non-hydrogen) atoms. The van der Waals surface area contributed by atoms with Crippen LogP contribution in [0.3, 0.4) is 0 Å². The molecule has 0 saturated carbocycles. The Balaban J connectivity index is 3.04. The number of amides is 2. The van der Waals surface area contributed by atoms with Gasteiger partial charge in [-0.25, -0.2) is 13.6 Å². The maximum atomic E-state index is 13.7. The molecule has 0 unspecified atom stereocenters. The number of carboxylic acid groups (broad SMARTS) is 1.